The molecule has 0 N–H and O–H groups in total. The van der Waals surface area contributed by atoms with Crippen LogP contribution in [0.3, 0.4) is 0 Å². The van der Waals surface area contributed by atoms with Crippen molar-refractivity contribution < 1.29 is 0 Å². The fraction of sp³-hybridized carbons (Fsp3) is 0.750. The van der Waals surface area contributed by atoms with Crippen molar-refractivity contribution in [2.45, 2.75) is 0 Å². The summed E-state index contributed by atoms with van der Waals surface area (Å²) >= 11 is 5.48. The molecule has 0 unspecified atom stereocenters. The number of hydrogen-bond acceptors (Lipinski definition) is 1. The predicted octanol–water partition coefficient (Wildman–Crippen LogP) is 0.773. The monoisotopic (exact) mass is 120 g/mol. The van der Waals surface area contributed by atoms with Gasteiger partial charge in [-0.25, -0.2) is 0 Å². The van der Waals surface area contributed by atoms with E-state index in [0.717, 1.165) is 0 Å². The van der Waals surface area contributed by atoms with Crippen molar-refractivity contribution in [2.24, 2.45) is 4.99 Å². The molecule has 0 saturated heterocycles. The molecular formula is C4H9ClN2. The van der Waals surface area contributed by atoms with E-state index >= 15 is 0 Å². The molecule has 0 saturated carbocycles. The molecule has 2 nitrogen and oxygen atoms in total. The predicted molar refractivity (Wildman–Crippen MR) is 32.9 cm³/mol. The number of nitrogens with zero attached hydrogens (tertiary/aromatic N) is 2. The zero-order valence-electron chi connectivity index (χ0n) is 4.77. The molecule has 0 aromatic carbocycles. The van der Waals surface area contributed by atoms with Gasteiger partial charge in [0.25, 0.3) is 0 Å². The third-order valence-corrected chi connectivity index (χ3v) is 1.06. The molecule has 0 bridgehead atoms. The number of amidine groups is 1. The van der Waals surface area contributed by atoms with Gasteiger partial charge >= 0.3 is 0 Å². The lowest BCUT2D eigenvalue weighted by atomic mass is 10.9. The average Bonchev–Trinajstić information content (AvgIpc) is 1.65. The van der Waals surface area contributed by atoms with Crippen molar-refractivity contribution in [1.82, 2.24) is 4.90 Å². The van der Waals surface area contributed by atoms with Gasteiger partial charge in [-0.3, -0.25) is 4.99 Å². The van der Waals surface area contributed by atoms with Crippen molar-refractivity contribution in [3.63, 3.8) is 0 Å². The maximum atomic E-state index is 5.48. The van der Waals surface area contributed by atoms with E-state index in [9.17, 15) is 0 Å². The first-order valence-electron chi connectivity index (χ1n) is 1.98. The van der Waals surface area contributed by atoms with Crippen LogP contribution in [0.5, 0.6) is 0 Å². The highest BCUT2D eigenvalue weighted by Gasteiger charge is 1.88. The van der Waals surface area contributed by atoms with Crippen LogP contribution in [-0.2, 0) is 0 Å². The van der Waals surface area contributed by atoms with Crippen LogP contribution in [-0.4, -0.2) is 31.3 Å². The van der Waals surface area contributed by atoms with Crippen LogP contribution in [0.15, 0.2) is 4.99 Å². The zero-order chi connectivity index (χ0) is 5.86. The Morgan fingerprint density at radius 2 is 2.00 bits per heavy atom. The first-order chi connectivity index (χ1) is 3.18. The molecule has 0 amide bonds. The van der Waals surface area contributed by atoms with E-state index in [-0.39, 0.29) is 0 Å². The largest absolute Gasteiger partial charge is 0.353 e. The average molecular weight is 121 g/mol. The first kappa shape index (κ1) is 6.76. The van der Waals surface area contributed by atoms with E-state index in [0.29, 0.717) is 5.29 Å². The molecule has 0 aliphatic heterocycles. The smallest absolute Gasteiger partial charge is 0.193 e. The Balaban J connectivity index is 3.56. The molecule has 0 fully saturated rings. The summed E-state index contributed by atoms with van der Waals surface area (Å²) in [6.07, 6.45) is 0. The third kappa shape index (κ3) is 2.45. The van der Waals surface area contributed by atoms with Gasteiger partial charge in [-0.15, -0.1) is 0 Å². The van der Waals surface area contributed by atoms with Crippen molar-refractivity contribution in [3.05, 3.63) is 0 Å². The Morgan fingerprint density at radius 1 is 1.57 bits per heavy atom. The normalized spacial score (nSPS) is 11.7. The second kappa shape index (κ2) is 2.86. The standard InChI is InChI=1S/C4H9ClN2/c1-6-4(5)7(2)3/h1-3H3/b6-4-. The number of aliphatic imine (C=N–C) groups is 1. The summed E-state index contributed by atoms with van der Waals surface area (Å²) in [6.45, 7) is 0. The van der Waals surface area contributed by atoms with Gasteiger partial charge in [0.2, 0.25) is 0 Å². The van der Waals surface area contributed by atoms with Crippen molar-refractivity contribution >= 4 is 16.9 Å². The number of hydrogen-bond donors (Lipinski definition) is 0. The van der Waals surface area contributed by atoms with Gasteiger partial charge in [0.15, 0.2) is 5.29 Å². The van der Waals surface area contributed by atoms with Gasteiger partial charge in [0.05, 0.1) is 0 Å². The molecule has 42 valence electrons. The minimum Gasteiger partial charge on any atom is -0.353 e. The van der Waals surface area contributed by atoms with Crippen LogP contribution in [0.25, 0.3) is 0 Å². The molecule has 0 atom stereocenters. The van der Waals surface area contributed by atoms with Crippen LogP contribution in [0.4, 0.5) is 0 Å². The van der Waals surface area contributed by atoms with Crippen LogP contribution in [0, 0.1) is 0 Å². The molecule has 0 aromatic heterocycles. The lowest BCUT2D eigenvalue weighted by molar-refractivity contribution is 0.633. The highest BCUT2D eigenvalue weighted by molar-refractivity contribution is 6.64. The van der Waals surface area contributed by atoms with E-state index < -0.39 is 0 Å². The van der Waals surface area contributed by atoms with Crippen LogP contribution in [0.2, 0.25) is 0 Å². The second-order valence-electron chi connectivity index (χ2n) is 1.39. The van der Waals surface area contributed by atoms with Crippen LogP contribution in [0.1, 0.15) is 0 Å². The zero-order valence-corrected chi connectivity index (χ0v) is 5.53. The molecule has 0 heterocycles. The van der Waals surface area contributed by atoms with Gasteiger partial charge in [-0.2, -0.15) is 0 Å². The van der Waals surface area contributed by atoms with Gasteiger partial charge in [0, 0.05) is 21.1 Å². The summed E-state index contributed by atoms with van der Waals surface area (Å²) in [4.78, 5) is 5.43. The summed E-state index contributed by atoms with van der Waals surface area (Å²) in [5.74, 6) is 0. The molecule has 3 heteroatoms. The molecular weight excluding hydrogens is 112 g/mol. The summed E-state index contributed by atoms with van der Waals surface area (Å²) in [7, 11) is 5.34. The van der Waals surface area contributed by atoms with Crippen molar-refractivity contribution in [1.29, 1.82) is 0 Å². The summed E-state index contributed by atoms with van der Waals surface area (Å²) in [5.41, 5.74) is 0. The lowest BCUT2D eigenvalue weighted by Crippen LogP contribution is -2.15. The fourth-order valence-corrected chi connectivity index (χ4v) is 0.200. The minimum atomic E-state index is 0.528. The van der Waals surface area contributed by atoms with Crippen LogP contribution < -0.4 is 0 Å². The minimum absolute atomic E-state index is 0.528. The second-order valence-corrected chi connectivity index (χ2v) is 1.73. The van der Waals surface area contributed by atoms with E-state index in [1.165, 1.54) is 0 Å². The van der Waals surface area contributed by atoms with Crippen LogP contribution >= 0.6 is 11.6 Å². The summed E-state index contributed by atoms with van der Waals surface area (Å²) in [6, 6.07) is 0. The van der Waals surface area contributed by atoms with E-state index in [2.05, 4.69) is 4.99 Å². The van der Waals surface area contributed by atoms with E-state index in [1.807, 2.05) is 14.1 Å². The van der Waals surface area contributed by atoms with Gasteiger partial charge in [-0.1, -0.05) is 0 Å². The molecule has 0 aliphatic carbocycles. The van der Waals surface area contributed by atoms with Gasteiger partial charge < -0.3 is 4.90 Å². The van der Waals surface area contributed by atoms with Gasteiger partial charge in [-0.05, 0) is 11.6 Å². The number of halogens is 1. The Kier molecular flexibility index (Phi) is 2.76. The SMILES string of the molecule is C/N=C(/Cl)N(C)C. The Morgan fingerprint density at radius 3 is 2.00 bits per heavy atom. The quantitative estimate of drug-likeness (QED) is 0.262. The van der Waals surface area contributed by atoms with Crippen molar-refractivity contribution in [2.75, 3.05) is 21.1 Å². The summed E-state index contributed by atoms with van der Waals surface area (Å²) in [5, 5.41) is 0.528. The molecule has 7 heavy (non-hydrogen) atoms. The van der Waals surface area contributed by atoms with Crippen molar-refractivity contribution in [3.8, 4) is 0 Å². The highest BCUT2D eigenvalue weighted by Crippen LogP contribution is 1.85. The molecule has 0 aromatic rings. The van der Waals surface area contributed by atoms with E-state index in [4.69, 9.17) is 11.6 Å². The number of rotatable bonds is 0. The Hall–Kier alpha value is -0.240. The topological polar surface area (TPSA) is 15.6 Å². The first-order valence-corrected chi connectivity index (χ1v) is 2.36. The molecule has 0 aliphatic rings. The molecule has 0 spiro atoms. The summed E-state index contributed by atoms with van der Waals surface area (Å²) < 4.78 is 0. The highest BCUT2D eigenvalue weighted by atomic mass is 35.5. The van der Waals surface area contributed by atoms with Gasteiger partial charge in [0.1, 0.15) is 0 Å². The Bertz CT molecular complexity index is 77.8. The maximum Gasteiger partial charge on any atom is 0.193 e. The lowest BCUT2D eigenvalue weighted by Gasteiger charge is -2.05. The molecule has 0 radical (unpaired) electrons. The third-order valence-electron chi connectivity index (χ3n) is 0.554. The molecule has 0 rings (SSSR count). The maximum absolute atomic E-state index is 5.48. The van der Waals surface area contributed by atoms with E-state index in [1.54, 1.807) is 11.9 Å². The Labute approximate surface area is 48.8 Å². The fourth-order valence-electron chi connectivity index (χ4n) is 0.200.